The Balaban J connectivity index is 2.21. The molecule has 0 fully saturated rings. The van der Waals surface area contributed by atoms with Gasteiger partial charge in [0, 0.05) is 18.2 Å². The average molecular weight is 334 g/mol. The molecule has 6 heteroatoms. The van der Waals surface area contributed by atoms with Gasteiger partial charge in [0.2, 0.25) is 0 Å². The molecular weight excluding hydrogens is 318 g/mol. The number of carbonyl (C=O) groups is 2. The number of benzene rings is 2. The second-order valence-electron chi connectivity index (χ2n) is 5.53. The predicted octanol–water partition coefficient (Wildman–Crippen LogP) is 4.00. The van der Waals surface area contributed by atoms with Crippen LogP contribution in [0.3, 0.4) is 0 Å². The van der Waals surface area contributed by atoms with Crippen LogP contribution in [0.25, 0.3) is 0 Å². The molecule has 0 aliphatic carbocycles. The van der Waals surface area contributed by atoms with Crippen LogP contribution < -0.4 is 4.74 Å². The van der Waals surface area contributed by atoms with E-state index < -0.39 is 23.6 Å². The third-order valence-corrected chi connectivity index (χ3v) is 2.96. The minimum absolute atomic E-state index is 0.0278. The van der Waals surface area contributed by atoms with E-state index in [0.717, 1.165) is 12.1 Å². The molecule has 2 aromatic rings. The van der Waals surface area contributed by atoms with Gasteiger partial charge < -0.3 is 9.47 Å². The molecule has 0 aliphatic heterocycles. The van der Waals surface area contributed by atoms with Crippen molar-refractivity contribution in [3.8, 4) is 5.75 Å². The fraction of sp³-hybridized carbons (Fsp3) is 0.222. The van der Waals surface area contributed by atoms with Gasteiger partial charge in [0.05, 0.1) is 17.7 Å². The summed E-state index contributed by atoms with van der Waals surface area (Å²) in [6.07, 6.45) is 0. The zero-order chi connectivity index (χ0) is 17.7. The number of halogens is 2. The Bertz CT molecular complexity index is 736. The van der Waals surface area contributed by atoms with Gasteiger partial charge in [0.15, 0.2) is 0 Å². The zero-order valence-electron chi connectivity index (χ0n) is 13.2. The van der Waals surface area contributed by atoms with E-state index in [-0.39, 0.29) is 29.4 Å². The van der Waals surface area contributed by atoms with Crippen LogP contribution >= 0.6 is 0 Å². The first kappa shape index (κ1) is 17.6. The number of carbonyl (C=O) groups excluding carboxylic acids is 2. The summed E-state index contributed by atoms with van der Waals surface area (Å²) in [5.74, 6) is -3.46. The van der Waals surface area contributed by atoms with Crippen LogP contribution in [0.2, 0.25) is 0 Å². The van der Waals surface area contributed by atoms with Crippen molar-refractivity contribution < 1.29 is 27.8 Å². The van der Waals surface area contributed by atoms with Crippen molar-refractivity contribution in [3.05, 3.63) is 65.2 Å². The van der Waals surface area contributed by atoms with Gasteiger partial charge in [-0.15, -0.1) is 0 Å². The highest BCUT2D eigenvalue weighted by atomic mass is 19.1. The van der Waals surface area contributed by atoms with E-state index in [1.54, 1.807) is 12.1 Å². The molecule has 0 N–H and O–H groups in total. The molecule has 2 rings (SSSR count). The highest BCUT2D eigenvalue weighted by molar-refractivity contribution is 6.03. The normalized spacial score (nSPS) is 10.5. The topological polar surface area (TPSA) is 52.6 Å². The highest BCUT2D eigenvalue weighted by Crippen LogP contribution is 2.19. The molecule has 0 aliphatic rings. The fourth-order valence-corrected chi connectivity index (χ4v) is 1.91. The lowest BCUT2D eigenvalue weighted by molar-refractivity contribution is 0.0452. The van der Waals surface area contributed by atoms with Gasteiger partial charge >= 0.3 is 11.9 Å². The molecule has 2 aromatic carbocycles. The Morgan fingerprint density at radius 1 is 0.958 bits per heavy atom. The third-order valence-electron chi connectivity index (χ3n) is 2.96. The highest BCUT2D eigenvalue weighted by Gasteiger charge is 2.20. The lowest BCUT2D eigenvalue weighted by Gasteiger charge is -2.11. The van der Waals surface area contributed by atoms with E-state index >= 15 is 0 Å². The number of rotatable bonds is 5. The zero-order valence-corrected chi connectivity index (χ0v) is 13.2. The summed E-state index contributed by atoms with van der Waals surface area (Å²) >= 11 is 0. The van der Waals surface area contributed by atoms with E-state index in [2.05, 4.69) is 0 Å². The van der Waals surface area contributed by atoms with E-state index in [0.29, 0.717) is 6.07 Å². The molecule has 0 unspecified atom stereocenters. The number of hydrogen-bond acceptors (Lipinski definition) is 4. The lowest BCUT2D eigenvalue weighted by atomic mass is 10.1. The fourth-order valence-electron chi connectivity index (χ4n) is 1.91. The van der Waals surface area contributed by atoms with E-state index in [4.69, 9.17) is 9.47 Å². The van der Waals surface area contributed by atoms with Crippen LogP contribution in [-0.4, -0.2) is 18.5 Å². The van der Waals surface area contributed by atoms with E-state index in [9.17, 15) is 18.4 Å². The van der Waals surface area contributed by atoms with Crippen LogP contribution in [-0.2, 0) is 4.74 Å². The first-order valence-electron chi connectivity index (χ1n) is 7.31. The third kappa shape index (κ3) is 4.62. The van der Waals surface area contributed by atoms with Crippen LogP contribution in [0, 0.1) is 17.6 Å². The molecular formula is C18H16F2O4. The first-order valence-corrected chi connectivity index (χ1v) is 7.31. The van der Waals surface area contributed by atoms with Crippen LogP contribution in [0.5, 0.6) is 5.75 Å². The van der Waals surface area contributed by atoms with Crippen molar-refractivity contribution >= 4 is 11.9 Å². The Kier molecular flexibility index (Phi) is 5.63. The van der Waals surface area contributed by atoms with E-state index in [1.807, 2.05) is 13.8 Å². The molecule has 0 bridgehead atoms. The second-order valence-corrected chi connectivity index (χ2v) is 5.53. The first-order chi connectivity index (χ1) is 11.4. The van der Waals surface area contributed by atoms with Gasteiger partial charge in [0.1, 0.15) is 17.4 Å². The minimum atomic E-state index is -0.905. The van der Waals surface area contributed by atoms with Gasteiger partial charge in [-0.1, -0.05) is 26.0 Å². The summed E-state index contributed by atoms with van der Waals surface area (Å²) < 4.78 is 36.4. The van der Waals surface area contributed by atoms with E-state index in [1.165, 1.54) is 12.1 Å². The Morgan fingerprint density at radius 3 is 2.04 bits per heavy atom. The summed E-state index contributed by atoms with van der Waals surface area (Å²) in [6.45, 7) is 3.97. The maximum absolute atomic E-state index is 13.2. The molecule has 126 valence electrons. The lowest BCUT2D eigenvalue weighted by Crippen LogP contribution is -2.17. The van der Waals surface area contributed by atoms with Gasteiger partial charge in [0.25, 0.3) is 0 Å². The maximum Gasteiger partial charge on any atom is 0.344 e. The Hall–Kier alpha value is -2.76. The summed E-state index contributed by atoms with van der Waals surface area (Å²) in [5.41, 5.74) is -0.0176. The summed E-state index contributed by atoms with van der Waals surface area (Å²) in [7, 11) is 0. The average Bonchev–Trinajstić information content (AvgIpc) is 2.51. The van der Waals surface area contributed by atoms with Gasteiger partial charge in [-0.25, -0.2) is 18.4 Å². The molecule has 0 atom stereocenters. The van der Waals surface area contributed by atoms with Crippen molar-refractivity contribution in [2.75, 3.05) is 6.61 Å². The molecule has 24 heavy (non-hydrogen) atoms. The number of ether oxygens (including phenoxy) is 2. The number of hydrogen-bond donors (Lipinski definition) is 0. The summed E-state index contributed by atoms with van der Waals surface area (Å²) in [6, 6.07) is 8.33. The van der Waals surface area contributed by atoms with Crippen molar-refractivity contribution in [3.63, 3.8) is 0 Å². The van der Waals surface area contributed by atoms with Crippen LogP contribution in [0.4, 0.5) is 8.78 Å². The van der Waals surface area contributed by atoms with Crippen LogP contribution in [0.15, 0.2) is 42.5 Å². The Morgan fingerprint density at radius 2 is 1.50 bits per heavy atom. The molecule has 4 nitrogen and oxygen atoms in total. The molecule has 0 radical (unpaired) electrons. The quantitative estimate of drug-likeness (QED) is 0.613. The molecule has 0 saturated heterocycles. The summed E-state index contributed by atoms with van der Waals surface area (Å²) in [5, 5.41) is 0. The molecule has 0 heterocycles. The molecule has 0 amide bonds. The molecule has 0 spiro atoms. The molecule has 0 saturated carbocycles. The summed E-state index contributed by atoms with van der Waals surface area (Å²) in [4.78, 5) is 24.3. The number of esters is 2. The predicted molar refractivity (Wildman–Crippen MR) is 82.9 cm³/mol. The van der Waals surface area contributed by atoms with Crippen molar-refractivity contribution in [2.45, 2.75) is 13.8 Å². The van der Waals surface area contributed by atoms with Crippen molar-refractivity contribution in [1.29, 1.82) is 0 Å². The largest absolute Gasteiger partial charge is 0.462 e. The van der Waals surface area contributed by atoms with Crippen molar-refractivity contribution in [2.24, 2.45) is 5.92 Å². The maximum atomic E-state index is 13.2. The van der Waals surface area contributed by atoms with Crippen molar-refractivity contribution in [1.82, 2.24) is 0 Å². The SMILES string of the molecule is CC(C)COC(=O)c1ccccc1C(=O)Oc1cc(F)cc(F)c1. The smallest absolute Gasteiger partial charge is 0.344 e. The van der Waals surface area contributed by atoms with Gasteiger partial charge in [-0.05, 0) is 18.1 Å². The van der Waals surface area contributed by atoms with Gasteiger partial charge in [-0.3, -0.25) is 0 Å². The monoisotopic (exact) mass is 334 g/mol. The Labute approximate surface area is 138 Å². The molecule has 0 aromatic heterocycles. The van der Waals surface area contributed by atoms with Gasteiger partial charge in [-0.2, -0.15) is 0 Å². The standard InChI is InChI=1S/C18H16F2O4/c1-11(2)10-23-17(21)15-5-3-4-6-16(15)18(22)24-14-8-12(19)7-13(20)9-14/h3-9,11H,10H2,1-2H3. The minimum Gasteiger partial charge on any atom is -0.462 e. The van der Waals surface area contributed by atoms with Crippen LogP contribution in [0.1, 0.15) is 34.6 Å². The second kappa shape index (κ2) is 7.68.